The molecule has 7 nitrogen and oxygen atoms in total. The number of carbonyl (C=O) groups excluding carboxylic acids is 2. The van der Waals surface area contributed by atoms with Crippen LogP contribution in [0.4, 0.5) is 22.0 Å². The zero-order valence-corrected chi connectivity index (χ0v) is 16.3. The van der Waals surface area contributed by atoms with E-state index in [1.807, 2.05) is 0 Å². The fourth-order valence-corrected chi connectivity index (χ4v) is 2.73. The molecule has 0 aromatic heterocycles. The molecular weight excluding hydrogens is 455 g/mol. The highest BCUT2D eigenvalue weighted by atomic mass is 32.2. The fraction of sp³-hybridized carbons (Fsp3) is 0.222. The van der Waals surface area contributed by atoms with E-state index >= 15 is 0 Å². The lowest BCUT2D eigenvalue weighted by Gasteiger charge is -2.26. The van der Waals surface area contributed by atoms with Gasteiger partial charge in [0.05, 0.1) is 0 Å². The van der Waals surface area contributed by atoms with Crippen LogP contribution in [-0.4, -0.2) is 42.4 Å². The zero-order chi connectivity index (χ0) is 23.8. The number of hydrogen-bond acceptors (Lipinski definition) is 6. The van der Waals surface area contributed by atoms with Crippen LogP contribution in [0.5, 0.6) is 5.75 Å². The Balaban J connectivity index is 2.59. The first-order valence-electron chi connectivity index (χ1n) is 8.08. The number of ether oxygens (including phenoxy) is 2. The second-order valence-electron chi connectivity index (χ2n) is 6.23. The van der Waals surface area contributed by atoms with E-state index in [4.69, 9.17) is 9.29 Å². The lowest BCUT2D eigenvalue weighted by atomic mass is 10.1. The lowest BCUT2D eigenvalue weighted by Crippen LogP contribution is -2.52. The Bertz CT molecular complexity index is 1160. The Morgan fingerprint density at radius 1 is 1.06 bits per heavy atom. The Labute approximate surface area is 171 Å². The third-order valence-electron chi connectivity index (χ3n) is 3.79. The minimum absolute atomic E-state index is 0.154. The molecule has 0 saturated carbocycles. The van der Waals surface area contributed by atoms with Gasteiger partial charge in [0.15, 0.2) is 0 Å². The van der Waals surface area contributed by atoms with Crippen LogP contribution in [-0.2, 0) is 19.6 Å². The van der Waals surface area contributed by atoms with Crippen molar-refractivity contribution in [2.24, 2.45) is 0 Å². The molecule has 2 rings (SSSR count). The van der Waals surface area contributed by atoms with Crippen molar-refractivity contribution < 1.29 is 54.0 Å². The molecule has 1 N–H and O–H groups in total. The van der Waals surface area contributed by atoms with Crippen LogP contribution in [0.3, 0.4) is 0 Å². The van der Waals surface area contributed by atoms with Crippen molar-refractivity contribution >= 4 is 32.8 Å². The van der Waals surface area contributed by atoms with Crippen molar-refractivity contribution in [3.05, 3.63) is 54.1 Å². The van der Waals surface area contributed by atoms with Crippen molar-refractivity contribution in [2.75, 3.05) is 0 Å². The normalized spacial score (nSPS) is 13.5. The Morgan fingerprint density at radius 2 is 1.58 bits per heavy atom. The number of alkyl halides is 5. The molecule has 168 valence electrons. The third-order valence-corrected chi connectivity index (χ3v) is 4.69. The van der Waals surface area contributed by atoms with E-state index in [1.165, 1.54) is 25.1 Å². The summed E-state index contributed by atoms with van der Waals surface area (Å²) in [5.41, 5.74) is -1.03. The number of halogens is 5. The van der Waals surface area contributed by atoms with Gasteiger partial charge in [0, 0.05) is 5.57 Å². The first kappa shape index (κ1) is 24.2. The second kappa shape index (κ2) is 8.23. The average Bonchev–Trinajstić information content (AvgIpc) is 2.63. The molecule has 0 aliphatic carbocycles. The van der Waals surface area contributed by atoms with Crippen LogP contribution < -0.4 is 4.74 Å². The van der Waals surface area contributed by atoms with E-state index < -0.39 is 50.9 Å². The maximum Gasteiger partial charge on any atom is 0.432 e. The largest absolute Gasteiger partial charge is 0.441 e. The van der Waals surface area contributed by atoms with E-state index in [0.29, 0.717) is 5.39 Å². The fourth-order valence-electron chi connectivity index (χ4n) is 2.28. The minimum Gasteiger partial charge on any atom is -0.441 e. The molecule has 2 aromatic carbocycles. The summed E-state index contributed by atoms with van der Waals surface area (Å²) in [6.45, 7) is 4.52. The maximum atomic E-state index is 13.7. The summed E-state index contributed by atoms with van der Waals surface area (Å²) in [6.07, 6.45) is -10.6. The summed E-state index contributed by atoms with van der Waals surface area (Å²) >= 11 is 0. The number of fused-ring (bicyclic) bond motifs is 1. The second-order valence-corrected chi connectivity index (χ2v) is 7.72. The van der Waals surface area contributed by atoms with Crippen molar-refractivity contribution in [3.63, 3.8) is 0 Å². The molecule has 1 unspecified atom stereocenters. The summed E-state index contributed by atoms with van der Waals surface area (Å²) in [4.78, 5) is 24.2. The van der Waals surface area contributed by atoms with Crippen LogP contribution in [0.2, 0.25) is 0 Å². The SMILES string of the molecule is C=C(C)C(=O)Oc1cc2ccccc2cc1C(=O)OC(C(F)(F)F)C(F)(F)S(=O)(=O)O. The van der Waals surface area contributed by atoms with Gasteiger partial charge >= 0.3 is 33.5 Å². The number of benzene rings is 2. The average molecular weight is 468 g/mol. The van der Waals surface area contributed by atoms with Gasteiger partial charge in [0.2, 0.25) is 0 Å². The van der Waals surface area contributed by atoms with Crippen molar-refractivity contribution in [1.82, 2.24) is 0 Å². The molecule has 0 saturated heterocycles. The summed E-state index contributed by atoms with van der Waals surface area (Å²) in [7, 11) is -6.62. The molecule has 0 amide bonds. The number of rotatable bonds is 6. The van der Waals surface area contributed by atoms with Crippen LogP contribution in [0.1, 0.15) is 17.3 Å². The molecule has 13 heteroatoms. The molecule has 31 heavy (non-hydrogen) atoms. The quantitative estimate of drug-likeness (QED) is 0.225. The lowest BCUT2D eigenvalue weighted by molar-refractivity contribution is -0.248. The van der Waals surface area contributed by atoms with Gasteiger partial charge in [-0.2, -0.15) is 30.4 Å². The monoisotopic (exact) mass is 468 g/mol. The first-order valence-corrected chi connectivity index (χ1v) is 9.52. The number of carbonyl (C=O) groups is 2. The van der Waals surface area contributed by atoms with Gasteiger partial charge in [-0.15, -0.1) is 0 Å². The Morgan fingerprint density at radius 3 is 2.03 bits per heavy atom. The van der Waals surface area contributed by atoms with Crippen molar-refractivity contribution in [1.29, 1.82) is 0 Å². The summed E-state index contributed by atoms with van der Waals surface area (Å²) in [6, 6.07) is 7.91. The van der Waals surface area contributed by atoms with E-state index in [9.17, 15) is 40.0 Å². The maximum absolute atomic E-state index is 13.7. The number of hydrogen-bond donors (Lipinski definition) is 1. The van der Waals surface area contributed by atoms with Crippen molar-refractivity contribution in [3.8, 4) is 5.75 Å². The van der Waals surface area contributed by atoms with Crippen LogP contribution in [0.15, 0.2) is 48.6 Å². The molecule has 1 atom stereocenters. The van der Waals surface area contributed by atoms with E-state index in [2.05, 4.69) is 11.3 Å². The van der Waals surface area contributed by atoms with Crippen LogP contribution >= 0.6 is 0 Å². The highest BCUT2D eigenvalue weighted by molar-refractivity contribution is 7.86. The summed E-state index contributed by atoms with van der Waals surface area (Å²) in [5.74, 6) is -3.81. The molecule has 0 spiro atoms. The molecule has 0 aliphatic rings. The summed E-state index contributed by atoms with van der Waals surface area (Å²) < 4.78 is 105. The zero-order valence-electron chi connectivity index (χ0n) is 15.4. The van der Waals surface area contributed by atoms with Gasteiger partial charge in [0.25, 0.3) is 6.10 Å². The van der Waals surface area contributed by atoms with Gasteiger partial charge in [-0.25, -0.2) is 9.59 Å². The smallest absolute Gasteiger partial charge is 0.432 e. The topological polar surface area (TPSA) is 107 Å². The molecule has 0 fully saturated rings. The van der Waals surface area contributed by atoms with Gasteiger partial charge in [-0.05, 0) is 29.8 Å². The molecular formula is C18H13F5O7S. The molecule has 2 aromatic rings. The molecule has 0 bridgehead atoms. The first-order chi connectivity index (χ1) is 14.1. The third kappa shape index (κ3) is 5.17. The highest BCUT2D eigenvalue weighted by Gasteiger charge is 2.66. The van der Waals surface area contributed by atoms with Gasteiger partial charge in [-0.3, -0.25) is 4.55 Å². The number of esters is 2. The Hall–Kier alpha value is -3.06. The standard InChI is InChI=1S/C18H13F5O7S/c1-9(2)14(24)29-13-8-11-6-4-3-5-10(11)7-12(13)15(25)30-16(17(19,20)21)18(22,23)31(26,27)28/h3-8,16H,1H2,2H3,(H,26,27,28). The molecule has 0 heterocycles. The molecule has 0 radical (unpaired) electrons. The van der Waals surface area contributed by atoms with E-state index in [1.54, 1.807) is 6.07 Å². The Kier molecular flexibility index (Phi) is 6.43. The van der Waals surface area contributed by atoms with E-state index in [-0.39, 0.29) is 11.0 Å². The molecule has 0 aliphatic heterocycles. The predicted octanol–water partition coefficient (Wildman–Crippen LogP) is 3.89. The van der Waals surface area contributed by atoms with Crippen molar-refractivity contribution in [2.45, 2.75) is 24.5 Å². The van der Waals surface area contributed by atoms with Crippen LogP contribution in [0, 0.1) is 0 Å². The summed E-state index contributed by atoms with van der Waals surface area (Å²) in [5, 5.41) is -5.32. The minimum atomic E-state index is -6.62. The van der Waals surface area contributed by atoms with Gasteiger partial charge < -0.3 is 9.47 Å². The highest BCUT2D eigenvalue weighted by Crippen LogP contribution is 2.39. The van der Waals surface area contributed by atoms with E-state index in [0.717, 1.165) is 12.1 Å². The van der Waals surface area contributed by atoms with Gasteiger partial charge in [0.1, 0.15) is 11.3 Å². The van der Waals surface area contributed by atoms with Crippen LogP contribution in [0.25, 0.3) is 10.8 Å². The predicted molar refractivity (Wildman–Crippen MR) is 96.2 cm³/mol. The van der Waals surface area contributed by atoms with Gasteiger partial charge in [-0.1, -0.05) is 30.8 Å².